The van der Waals surface area contributed by atoms with Crippen LogP contribution in [-0.4, -0.2) is 10.9 Å². The number of carbonyl (C=O) groups excluding carboxylic acids is 1. The summed E-state index contributed by atoms with van der Waals surface area (Å²) in [6, 6.07) is 13.8. The minimum Gasteiger partial charge on any atom is -0.351 e. The van der Waals surface area contributed by atoms with Crippen LogP contribution in [0.15, 0.2) is 53.0 Å². The number of aromatic amines is 1. The highest BCUT2D eigenvalue weighted by molar-refractivity contribution is 9.10. The number of halogens is 2. The molecule has 3 aromatic rings. The van der Waals surface area contributed by atoms with Gasteiger partial charge in [-0.05, 0) is 40.2 Å². The highest BCUT2D eigenvalue weighted by Crippen LogP contribution is 2.26. The third kappa shape index (κ3) is 2.32. The molecule has 0 radical (unpaired) electrons. The van der Waals surface area contributed by atoms with Gasteiger partial charge in [-0.1, -0.05) is 24.3 Å². The minimum absolute atomic E-state index is 0.135. The van der Waals surface area contributed by atoms with Gasteiger partial charge in [0, 0.05) is 15.4 Å². The summed E-state index contributed by atoms with van der Waals surface area (Å²) >= 11 is 3.22. The van der Waals surface area contributed by atoms with Gasteiger partial charge < -0.3 is 10.3 Å². The van der Waals surface area contributed by atoms with Gasteiger partial charge in [0.15, 0.2) is 0 Å². The van der Waals surface area contributed by atoms with Crippen LogP contribution < -0.4 is 5.32 Å². The molecule has 0 saturated heterocycles. The van der Waals surface area contributed by atoms with Crippen molar-refractivity contribution in [2.75, 3.05) is 5.32 Å². The van der Waals surface area contributed by atoms with Gasteiger partial charge in [-0.2, -0.15) is 0 Å². The van der Waals surface area contributed by atoms with Crippen molar-refractivity contribution in [3.05, 3.63) is 64.5 Å². The van der Waals surface area contributed by atoms with Crippen LogP contribution in [0.3, 0.4) is 0 Å². The van der Waals surface area contributed by atoms with Crippen LogP contribution in [0.2, 0.25) is 0 Å². The minimum atomic E-state index is -0.483. The first-order valence-corrected chi connectivity index (χ1v) is 6.77. The molecule has 100 valence electrons. The lowest BCUT2D eigenvalue weighted by Gasteiger charge is -2.07. The fourth-order valence-electron chi connectivity index (χ4n) is 1.99. The number of benzene rings is 2. The monoisotopic (exact) mass is 332 g/mol. The molecule has 3 rings (SSSR count). The van der Waals surface area contributed by atoms with Gasteiger partial charge in [-0.3, -0.25) is 4.79 Å². The molecule has 0 aliphatic carbocycles. The van der Waals surface area contributed by atoms with Crippen molar-refractivity contribution < 1.29 is 9.18 Å². The van der Waals surface area contributed by atoms with E-state index in [0.29, 0.717) is 10.2 Å². The molecule has 0 atom stereocenters. The highest BCUT2D eigenvalue weighted by atomic mass is 79.9. The molecule has 3 nitrogen and oxygen atoms in total. The lowest BCUT2D eigenvalue weighted by molar-refractivity contribution is 0.102. The zero-order chi connectivity index (χ0) is 14.1. The average Bonchev–Trinajstić information content (AvgIpc) is 2.87. The first-order chi connectivity index (χ1) is 9.65. The summed E-state index contributed by atoms with van der Waals surface area (Å²) < 4.78 is 14.2. The smallest absolute Gasteiger partial charge is 0.272 e. The zero-order valence-electron chi connectivity index (χ0n) is 10.3. The molecule has 1 amide bonds. The molecule has 5 heteroatoms. The van der Waals surface area contributed by atoms with Crippen LogP contribution in [-0.2, 0) is 0 Å². The number of nitrogens with one attached hydrogen (secondary N) is 2. The number of hydrogen-bond donors (Lipinski definition) is 2. The zero-order valence-corrected chi connectivity index (χ0v) is 11.9. The summed E-state index contributed by atoms with van der Waals surface area (Å²) in [5.41, 5.74) is 1.39. The fourth-order valence-corrected chi connectivity index (χ4v) is 2.43. The van der Waals surface area contributed by atoms with Crippen LogP contribution in [0.1, 0.15) is 10.5 Å². The van der Waals surface area contributed by atoms with E-state index in [2.05, 4.69) is 26.2 Å². The molecule has 2 N–H and O–H groups in total. The van der Waals surface area contributed by atoms with E-state index in [1.54, 1.807) is 18.2 Å². The number of para-hydroxylation sites is 2. The van der Waals surface area contributed by atoms with E-state index in [9.17, 15) is 9.18 Å². The van der Waals surface area contributed by atoms with Crippen LogP contribution >= 0.6 is 15.9 Å². The van der Waals surface area contributed by atoms with Gasteiger partial charge in [-0.15, -0.1) is 0 Å². The van der Waals surface area contributed by atoms with Crippen molar-refractivity contribution in [1.82, 2.24) is 4.98 Å². The Kier molecular flexibility index (Phi) is 3.28. The Balaban J connectivity index is 1.93. The maximum Gasteiger partial charge on any atom is 0.272 e. The summed E-state index contributed by atoms with van der Waals surface area (Å²) in [6.45, 7) is 0. The molecule has 0 fully saturated rings. The first-order valence-electron chi connectivity index (χ1n) is 5.98. The van der Waals surface area contributed by atoms with E-state index in [1.807, 2.05) is 24.3 Å². The maximum atomic E-state index is 13.7. The maximum absolute atomic E-state index is 13.7. The second-order valence-corrected chi connectivity index (χ2v) is 5.18. The molecule has 0 saturated carbocycles. The Morgan fingerprint density at radius 2 is 1.95 bits per heavy atom. The number of anilines is 1. The number of aromatic nitrogens is 1. The molecule has 1 aromatic heterocycles. The van der Waals surface area contributed by atoms with Gasteiger partial charge in [0.1, 0.15) is 11.5 Å². The molecule has 20 heavy (non-hydrogen) atoms. The number of H-pyrrole nitrogens is 1. The molecule has 0 bridgehead atoms. The van der Waals surface area contributed by atoms with Crippen molar-refractivity contribution in [2.24, 2.45) is 0 Å². The van der Waals surface area contributed by atoms with Crippen molar-refractivity contribution in [1.29, 1.82) is 0 Å². The lowest BCUT2D eigenvalue weighted by atomic mass is 10.2. The third-order valence-electron chi connectivity index (χ3n) is 2.98. The second-order valence-electron chi connectivity index (χ2n) is 4.32. The number of amides is 1. The molecule has 1 heterocycles. The van der Waals surface area contributed by atoms with Crippen molar-refractivity contribution in [3.63, 3.8) is 0 Å². The summed E-state index contributed by atoms with van der Waals surface area (Å²) in [5.74, 6) is -0.865. The fraction of sp³-hybridized carbons (Fsp3) is 0. The summed E-state index contributed by atoms with van der Waals surface area (Å²) in [7, 11) is 0. The standard InChI is InChI=1S/C15H10BrFN2O/c16-10-5-3-6-11(17)14(10)19-15(20)13-8-9-4-1-2-7-12(9)18-13/h1-8,18H,(H,19,20). The topological polar surface area (TPSA) is 44.9 Å². The molecular formula is C15H10BrFN2O. The largest absolute Gasteiger partial charge is 0.351 e. The van der Waals surface area contributed by atoms with Crippen LogP contribution in [0.4, 0.5) is 10.1 Å². The predicted octanol–water partition coefficient (Wildman–Crippen LogP) is 4.32. The first kappa shape index (κ1) is 12.9. The van der Waals surface area contributed by atoms with Gasteiger partial charge >= 0.3 is 0 Å². The van der Waals surface area contributed by atoms with Gasteiger partial charge in [0.25, 0.3) is 5.91 Å². The lowest BCUT2D eigenvalue weighted by Crippen LogP contribution is -2.13. The van der Waals surface area contributed by atoms with Crippen molar-refractivity contribution in [3.8, 4) is 0 Å². The Morgan fingerprint density at radius 1 is 1.15 bits per heavy atom. The molecular weight excluding hydrogens is 323 g/mol. The number of hydrogen-bond acceptors (Lipinski definition) is 1. The van der Waals surface area contributed by atoms with E-state index in [4.69, 9.17) is 0 Å². The molecule has 0 unspecified atom stereocenters. The Bertz CT molecular complexity index is 744. The van der Waals surface area contributed by atoms with Gasteiger partial charge in [0.05, 0.1) is 5.69 Å². The van der Waals surface area contributed by atoms with E-state index in [0.717, 1.165) is 10.9 Å². The second kappa shape index (κ2) is 5.09. The SMILES string of the molecule is O=C(Nc1c(F)cccc1Br)c1cc2ccccc2[nH]1. The summed E-state index contributed by atoms with van der Waals surface area (Å²) in [6.07, 6.45) is 0. The number of carbonyl (C=O) groups is 1. The molecule has 2 aromatic carbocycles. The molecule has 0 spiro atoms. The Hall–Kier alpha value is -2.14. The molecule has 0 aliphatic rings. The number of fused-ring (bicyclic) bond motifs is 1. The predicted molar refractivity (Wildman–Crippen MR) is 80.4 cm³/mol. The van der Waals surface area contributed by atoms with Crippen LogP contribution in [0.25, 0.3) is 10.9 Å². The average molecular weight is 333 g/mol. The Morgan fingerprint density at radius 3 is 2.70 bits per heavy atom. The number of rotatable bonds is 2. The normalized spacial score (nSPS) is 10.7. The molecule has 0 aliphatic heterocycles. The highest BCUT2D eigenvalue weighted by Gasteiger charge is 2.13. The van der Waals surface area contributed by atoms with Gasteiger partial charge in [0.2, 0.25) is 0 Å². The van der Waals surface area contributed by atoms with E-state index < -0.39 is 5.82 Å². The Labute approximate surface area is 122 Å². The van der Waals surface area contributed by atoms with Crippen molar-refractivity contribution in [2.45, 2.75) is 0 Å². The third-order valence-corrected chi connectivity index (χ3v) is 3.64. The quantitative estimate of drug-likeness (QED) is 0.721. The van der Waals surface area contributed by atoms with E-state index >= 15 is 0 Å². The summed E-state index contributed by atoms with van der Waals surface area (Å²) in [5, 5.41) is 3.50. The van der Waals surface area contributed by atoms with Gasteiger partial charge in [-0.25, -0.2) is 4.39 Å². The van der Waals surface area contributed by atoms with Crippen LogP contribution in [0, 0.1) is 5.82 Å². The van der Waals surface area contributed by atoms with E-state index in [1.165, 1.54) is 6.07 Å². The van der Waals surface area contributed by atoms with E-state index in [-0.39, 0.29) is 11.6 Å². The van der Waals surface area contributed by atoms with Crippen molar-refractivity contribution >= 4 is 38.4 Å². The van der Waals surface area contributed by atoms with Crippen LogP contribution in [0.5, 0.6) is 0 Å². The summed E-state index contributed by atoms with van der Waals surface area (Å²) in [4.78, 5) is 15.2.